The number of thiophene rings is 1. The molecule has 0 saturated carbocycles. The first kappa shape index (κ1) is 20.4. The van der Waals surface area contributed by atoms with E-state index < -0.39 is 0 Å². The molecule has 0 spiro atoms. The highest BCUT2D eigenvalue weighted by Gasteiger charge is 2.23. The number of hydrogen-bond donors (Lipinski definition) is 2. The van der Waals surface area contributed by atoms with Gasteiger partial charge in [0.2, 0.25) is 5.91 Å². The average Bonchev–Trinajstić information content (AvgIpc) is 3.38. The Hall–Kier alpha value is -1.92. The van der Waals surface area contributed by atoms with E-state index in [-0.39, 0.29) is 24.7 Å². The fourth-order valence-corrected chi connectivity index (χ4v) is 5.08. The lowest BCUT2D eigenvalue weighted by molar-refractivity contribution is -0.116. The van der Waals surface area contributed by atoms with Gasteiger partial charge >= 0.3 is 0 Å². The minimum Gasteiger partial charge on any atom is -0.373 e. The number of amides is 1. The van der Waals surface area contributed by atoms with Gasteiger partial charge in [0.05, 0.1) is 22.8 Å². The van der Waals surface area contributed by atoms with Crippen LogP contribution in [0.5, 0.6) is 0 Å². The van der Waals surface area contributed by atoms with Crippen LogP contribution in [-0.4, -0.2) is 55.9 Å². The fourth-order valence-electron chi connectivity index (χ4n) is 3.44. The van der Waals surface area contributed by atoms with E-state index in [9.17, 15) is 4.79 Å². The van der Waals surface area contributed by atoms with Crippen LogP contribution >= 0.6 is 34.9 Å². The van der Waals surface area contributed by atoms with Crippen molar-refractivity contribution in [3.8, 4) is 10.7 Å². The van der Waals surface area contributed by atoms with Crippen LogP contribution in [0.4, 0.5) is 5.13 Å². The number of carbonyl (C=O) groups is 1. The quantitative estimate of drug-likeness (QED) is 0.560. The molecular weight excluding hydrogens is 428 g/mol. The van der Waals surface area contributed by atoms with Crippen LogP contribution in [0.15, 0.2) is 22.9 Å². The number of nitrogens with one attached hydrogen (secondary N) is 2. The Kier molecular flexibility index (Phi) is 6.20. The predicted molar refractivity (Wildman–Crippen MR) is 117 cm³/mol. The van der Waals surface area contributed by atoms with Crippen molar-refractivity contribution in [2.75, 3.05) is 18.4 Å². The Labute approximate surface area is 181 Å². The predicted octanol–water partition coefficient (Wildman–Crippen LogP) is 3.37. The maximum absolute atomic E-state index is 12.6. The van der Waals surface area contributed by atoms with Crippen LogP contribution in [-0.2, 0) is 22.6 Å². The number of aromatic nitrogens is 4. The summed E-state index contributed by atoms with van der Waals surface area (Å²) in [7, 11) is 0. The van der Waals surface area contributed by atoms with Crippen molar-refractivity contribution >= 4 is 45.9 Å². The third-order valence-electron chi connectivity index (χ3n) is 4.48. The second-order valence-electron chi connectivity index (χ2n) is 7.06. The van der Waals surface area contributed by atoms with Gasteiger partial charge in [-0.3, -0.25) is 19.4 Å². The molecule has 2 unspecified atom stereocenters. The smallest absolute Gasteiger partial charge is 0.246 e. The number of anilines is 1. The summed E-state index contributed by atoms with van der Waals surface area (Å²) in [6.07, 6.45) is 0.433. The van der Waals surface area contributed by atoms with Crippen molar-refractivity contribution in [2.24, 2.45) is 0 Å². The van der Waals surface area contributed by atoms with Gasteiger partial charge in [-0.05, 0) is 37.5 Å². The highest BCUT2D eigenvalue weighted by atomic mass is 32.1. The minimum absolute atomic E-state index is 0.0793. The normalized spacial score (nSPS) is 20.1. The second-order valence-corrected chi connectivity index (χ2v) is 9.25. The average molecular weight is 451 g/mol. The number of aromatic amines is 1. The van der Waals surface area contributed by atoms with Gasteiger partial charge in [-0.25, -0.2) is 4.98 Å². The summed E-state index contributed by atoms with van der Waals surface area (Å²) < 4.78 is 7.89. The number of H-pyrrole nitrogens is 1. The summed E-state index contributed by atoms with van der Waals surface area (Å²) in [4.78, 5) is 20.4. The first-order valence-electron chi connectivity index (χ1n) is 9.29. The van der Waals surface area contributed by atoms with Gasteiger partial charge in [-0.1, -0.05) is 6.07 Å². The van der Waals surface area contributed by atoms with E-state index in [1.165, 1.54) is 11.3 Å². The van der Waals surface area contributed by atoms with Crippen LogP contribution in [0, 0.1) is 4.77 Å². The zero-order chi connectivity index (χ0) is 20.4. The molecule has 29 heavy (non-hydrogen) atoms. The van der Waals surface area contributed by atoms with E-state index in [0.29, 0.717) is 15.7 Å². The van der Waals surface area contributed by atoms with Gasteiger partial charge in [-0.2, -0.15) is 5.10 Å². The van der Waals surface area contributed by atoms with E-state index >= 15 is 0 Å². The molecule has 11 heteroatoms. The molecule has 0 radical (unpaired) electrons. The minimum atomic E-state index is -0.185. The number of carbonyl (C=O) groups excluding carboxylic acids is 1. The van der Waals surface area contributed by atoms with Crippen LogP contribution in [0.2, 0.25) is 0 Å². The Morgan fingerprint density at radius 3 is 2.90 bits per heavy atom. The molecule has 154 valence electrons. The fraction of sp³-hybridized carbons (Fsp3) is 0.444. The number of thiazole rings is 1. The molecule has 4 heterocycles. The SMILES string of the molecule is CC1CN(Cc2csc(NC(=O)Cn3c(-c4cccs4)n[nH]c3=S)n2)CC(C)O1. The number of ether oxygens (including phenoxy) is 1. The van der Waals surface area contributed by atoms with Gasteiger partial charge in [-0.15, -0.1) is 22.7 Å². The lowest BCUT2D eigenvalue weighted by Crippen LogP contribution is -2.44. The van der Waals surface area contributed by atoms with Crippen molar-refractivity contribution in [3.63, 3.8) is 0 Å². The summed E-state index contributed by atoms with van der Waals surface area (Å²) in [5, 5.41) is 14.4. The molecule has 0 bridgehead atoms. The molecule has 1 fully saturated rings. The first-order valence-corrected chi connectivity index (χ1v) is 11.5. The summed E-state index contributed by atoms with van der Waals surface area (Å²) in [5.74, 6) is 0.477. The van der Waals surface area contributed by atoms with Crippen LogP contribution in [0.1, 0.15) is 19.5 Å². The molecule has 3 aromatic heterocycles. The van der Waals surface area contributed by atoms with Crippen molar-refractivity contribution in [2.45, 2.75) is 39.1 Å². The molecule has 0 aromatic carbocycles. The first-order chi connectivity index (χ1) is 14.0. The molecule has 4 rings (SSSR count). The molecule has 1 saturated heterocycles. The third kappa shape index (κ3) is 4.98. The van der Waals surface area contributed by atoms with E-state index in [4.69, 9.17) is 17.0 Å². The van der Waals surface area contributed by atoms with E-state index in [1.807, 2.05) is 22.9 Å². The van der Waals surface area contributed by atoms with Gasteiger partial charge < -0.3 is 10.1 Å². The summed E-state index contributed by atoms with van der Waals surface area (Å²) >= 11 is 8.26. The molecule has 0 aliphatic carbocycles. The van der Waals surface area contributed by atoms with Gasteiger partial charge in [0, 0.05) is 25.0 Å². The number of nitrogens with zero attached hydrogens (tertiary/aromatic N) is 4. The lowest BCUT2D eigenvalue weighted by Gasteiger charge is -2.34. The molecule has 3 aromatic rings. The largest absolute Gasteiger partial charge is 0.373 e. The summed E-state index contributed by atoms with van der Waals surface area (Å²) in [5.41, 5.74) is 0.950. The van der Waals surface area contributed by atoms with Crippen molar-refractivity contribution < 1.29 is 9.53 Å². The maximum Gasteiger partial charge on any atom is 0.246 e. The summed E-state index contributed by atoms with van der Waals surface area (Å²) in [6, 6.07) is 3.89. The van der Waals surface area contributed by atoms with Crippen LogP contribution < -0.4 is 5.32 Å². The van der Waals surface area contributed by atoms with E-state index in [1.54, 1.807) is 15.9 Å². The van der Waals surface area contributed by atoms with E-state index in [2.05, 4.69) is 39.2 Å². The Morgan fingerprint density at radius 2 is 2.17 bits per heavy atom. The molecular formula is C18H22N6O2S3. The maximum atomic E-state index is 12.6. The van der Waals surface area contributed by atoms with Crippen molar-refractivity contribution in [3.05, 3.63) is 33.4 Å². The number of rotatable bonds is 6. The lowest BCUT2D eigenvalue weighted by atomic mass is 10.2. The Bertz CT molecular complexity index is 1010. The molecule has 1 aliphatic rings. The van der Waals surface area contributed by atoms with Crippen LogP contribution in [0.25, 0.3) is 10.7 Å². The molecule has 8 nitrogen and oxygen atoms in total. The van der Waals surface area contributed by atoms with Gasteiger partial charge in [0.15, 0.2) is 15.7 Å². The topological polar surface area (TPSA) is 88.1 Å². The molecule has 1 amide bonds. The van der Waals surface area contributed by atoms with Gasteiger partial charge in [0.1, 0.15) is 6.54 Å². The number of hydrogen-bond acceptors (Lipinski definition) is 8. The van der Waals surface area contributed by atoms with E-state index in [0.717, 1.165) is 30.2 Å². The second kappa shape index (κ2) is 8.84. The van der Waals surface area contributed by atoms with Crippen molar-refractivity contribution in [1.82, 2.24) is 24.6 Å². The Morgan fingerprint density at radius 1 is 1.38 bits per heavy atom. The number of morpholine rings is 1. The monoisotopic (exact) mass is 450 g/mol. The Balaban J connectivity index is 1.38. The zero-order valence-corrected chi connectivity index (χ0v) is 18.6. The molecule has 1 aliphatic heterocycles. The summed E-state index contributed by atoms with van der Waals surface area (Å²) in [6.45, 7) is 6.76. The van der Waals surface area contributed by atoms with Gasteiger partial charge in [0.25, 0.3) is 0 Å². The molecule has 2 N–H and O–H groups in total. The van der Waals surface area contributed by atoms with Crippen molar-refractivity contribution in [1.29, 1.82) is 0 Å². The third-order valence-corrected chi connectivity index (χ3v) is 6.46. The zero-order valence-electron chi connectivity index (χ0n) is 16.1. The standard InChI is InChI=1S/C18H22N6O2S3/c1-11-6-23(7-12(2)26-11)8-13-10-29-17(19-13)20-15(25)9-24-16(21-22-18(24)27)14-4-3-5-28-14/h3-5,10-12H,6-9H2,1-2H3,(H,22,27)(H,19,20,25). The van der Waals surface area contributed by atoms with Crippen LogP contribution in [0.3, 0.4) is 0 Å². The highest BCUT2D eigenvalue weighted by molar-refractivity contribution is 7.71. The highest BCUT2D eigenvalue weighted by Crippen LogP contribution is 2.23. The molecule has 2 atom stereocenters.